The summed E-state index contributed by atoms with van der Waals surface area (Å²) in [5.41, 5.74) is 2.68. The summed E-state index contributed by atoms with van der Waals surface area (Å²) in [4.78, 5) is 27.7. The molecule has 1 aliphatic carbocycles. The first-order chi connectivity index (χ1) is 16.3. The average Bonchev–Trinajstić information content (AvgIpc) is 3.19. The van der Waals surface area contributed by atoms with Crippen molar-refractivity contribution in [2.75, 3.05) is 10.2 Å². The van der Waals surface area contributed by atoms with Crippen molar-refractivity contribution in [1.82, 2.24) is 0 Å². The number of nitrogens with one attached hydrogen (secondary N) is 1. The Labute approximate surface area is 203 Å². The van der Waals surface area contributed by atoms with Crippen molar-refractivity contribution in [2.45, 2.75) is 71.1 Å². The van der Waals surface area contributed by atoms with Crippen molar-refractivity contribution in [2.24, 2.45) is 11.8 Å². The van der Waals surface area contributed by atoms with Crippen molar-refractivity contribution in [3.63, 3.8) is 0 Å². The van der Waals surface area contributed by atoms with Crippen LogP contribution in [0, 0.1) is 11.8 Å². The summed E-state index contributed by atoms with van der Waals surface area (Å²) in [6.45, 7) is 5.69. The Balaban J connectivity index is 1.36. The lowest BCUT2D eigenvalue weighted by molar-refractivity contribution is -0.155. The zero-order valence-corrected chi connectivity index (χ0v) is 20.5. The van der Waals surface area contributed by atoms with Gasteiger partial charge in [0.15, 0.2) is 11.9 Å². The van der Waals surface area contributed by atoms with Crippen LogP contribution in [0.3, 0.4) is 0 Å². The van der Waals surface area contributed by atoms with E-state index in [0.717, 1.165) is 49.0 Å². The van der Waals surface area contributed by atoms with E-state index in [-0.39, 0.29) is 23.8 Å². The largest absolute Gasteiger partial charge is 0.460 e. The molecule has 1 unspecified atom stereocenters. The number of para-hydroxylation sites is 2. The number of fused-ring (bicyclic) bond motifs is 1. The second kappa shape index (κ2) is 10.5. The molecule has 2 aliphatic rings. The van der Waals surface area contributed by atoms with Crippen LogP contribution in [0.25, 0.3) is 6.08 Å². The van der Waals surface area contributed by atoms with Gasteiger partial charge in [-0.1, -0.05) is 42.5 Å². The fraction of sp³-hybridized carbons (Fsp3) is 0.448. The Hall–Kier alpha value is -3.08. The van der Waals surface area contributed by atoms with E-state index in [2.05, 4.69) is 34.5 Å². The number of Topliss-reactive ketones (excluding diaryl/α,β-unsaturated/α-hetero) is 1. The number of esters is 1. The number of carbonyl (C=O) groups is 2. The lowest BCUT2D eigenvalue weighted by Crippen LogP contribution is -2.43. The van der Waals surface area contributed by atoms with Gasteiger partial charge in [-0.25, -0.2) is 0 Å². The molecule has 1 N–H and O–H groups in total. The Morgan fingerprint density at radius 3 is 2.38 bits per heavy atom. The highest BCUT2D eigenvalue weighted by atomic mass is 16.6. The number of carbonyl (C=O) groups excluding carboxylic acids is 2. The van der Waals surface area contributed by atoms with E-state index in [0.29, 0.717) is 12.3 Å². The van der Waals surface area contributed by atoms with Crippen LogP contribution in [0.5, 0.6) is 0 Å². The Morgan fingerprint density at radius 1 is 1.00 bits per heavy atom. The Kier molecular flexibility index (Phi) is 7.40. The monoisotopic (exact) mass is 460 g/mol. The van der Waals surface area contributed by atoms with Crippen molar-refractivity contribution in [3.05, 3.63) is 66.4 Å². The van der Waals surface area contributed by atoms with Gasteiger partial charge in [-0.15, -0.1) is 0 Å². The van der Waals surface area contributed by atoms with E-state index in [1.165, 1.54) is 0 Å². The van der Waals surface area contributed by atoms with Crippen LogP contribution < -0.4 is 10.2 Å². The van der Waals surface area contributed by atoms with Gasteiger partial charge in [-0.2, -0.15) is 0 Å². The molecule has 1 atom stereocenters. The number of hydrogen-bond acceptors (Lipinski definition) is 5. The fourth-order valence-corrected chi connectivity index (χ4v) is 4.96. The lowest BCUT2D eigenvalue weighted by atomic mass is 9.77. The van der Waals surface area contributed by atoms with Crippen LogP contribution in [0.2, 0.25) is 0 Å². The molecule has 0 amide bonds. The molecule has 180 valence electrons. The molecule has 1 heterocycles. The summed E-state index contributed by atoms with van der Waals surface area (Å²) < 4.78 is 5.44. The molecule has 0 bridgehead atoms. The molecule has 1 fully saturated rings. The SMILES string of the molecule is CC(C)(C)OC(=O)CCC1CCC(C(=O)C2Nc3ccccc3N2/C=C\c2ccccc2)CC1. The van der Waals surface area contributed by atoms with Crippen LogP contribution in [-0.4, -0.2) is 23.5 Å². The number of nitrogens with zero attached hydrogens (tertiary/aromatic N) is 1. The predicted molar refractivity (Wildman–Crippen MR) is 137 cm³/mol. The summed E-state index contributed by atoms with van der Waals surface area (Å²) in [5.74, 6) is 0.649. The first-order valence-electron chi connectivity index (χ1n) is 12.4. The standard InChI is InChI=1S/C29H36N2O3/c1-29(2,3)34-26(32)18-15-22-13-16-23(17-14-22)27(33)28-30-24-11-7-8-12-25(24)31(28)20-19-21-9-5-4-6-10-21/h4-12,19-20,22-23,28,30H,13-18H2,1-3H3/b20-19-. The van der Waals surface area contributed by atoms with E-state index in [9.17, 15) is 9.59 Å². The Bertz CT molecular complexity index is 1020. The summed E-state index contributed by atoms with van der Waals surface area (Å²) in [7, 11) is 0. The second-order valence-electron chi connectivity index (χ2n) is 10.4. The summed E-state index contributed by atoms with van der Waals surface area (Å²) >= 11 is 0. The number of ketones is 1. The third kappa shape index (κ3) is 6.07. The van der Waals surface area contributed by atoms with Crippen molar-refractivity contribution >= 4 is 29.2 Å². The maximum Gasteiger partial charge on any atom is 0.306 e. The van der Waals surface area contributed by atoms with Gasteiger partial charge in [0.1, 0.15) is 5.60 Å². The first-order valence-corrected chi connectivity index (χ1v) is 12.4. The second-order valence-corrected chi connectivity index (χ2v) is 10.4. The van der Waals surface area contributed by atoms with E-state index in [1.54, 1.807) is 0 Å². The van der Waals surface area contributed by atoms with Crippen LogP contribution in [0.4, 0.5) is 11.4 Å². The van der Waals surface area contributed by atoms with Crippen LogP contribution in [0.1, 0.15) is 64.9 Å². The molecule has 2 aromatic carbocycles. The molecule has 5 nitrogen and oxygen atoms in total. The van der Waals surface area contributed by atoms with Gasteiger partial charge in [-0.3, -0.25) is 9.59 Å². The maximum absolute atomic E-state index is 13.6. The summed E-state index contributed by atoms with van der Waals surface area (Å²) in [6.07, 6.45) is 8.71. The average molecular weight is 461 g/mol. The predicted octanol–water partition coefficient (Wildman–Crippen LogP) is 6.41. The smallest absolute Gasteiger partial charge is 0.306 e. The number of anilines is 2. The Morgan fingerprint density at radius 2 is 1.68 bits per heavy atom. The molecular formula is C29H36N2O3. The van der Waals surface area contributed by atoms with Gasteiger partial charge >= 0.3 is 5.97 Å². The molecule has 2 aromatic rings. The molecule has 5 heteroatoms. The van der Waals surface area contributed by atoms with E-state index < -0.39 is 5.60 Å². The van der Waals surface area contributed by atoms with E-state index >= 15 is 0 Å². The van der Waals surface area contributed by atoms with Gasteiger partial charge in [0.2, 0.25) is 0 Å². The van der Waals surface area contributed by atoms with Gasteiger partial charge in [0.25, 0.3) is 0 Å². The minimum Gasteiger partial charge on any atom is -0.460 e. The number of rotatable bonds is 7. The summed E-state index contributed by atoms with van der Waals surface area (Å²) in [5, 5.41) is 3.45. The highest BCUT2D eigenvalue weighted by Crippen LogP contribution is 2.39. The number of ether oxygens (including phenoxy) is 1. The van der Waals surface area contributed by atoms with Crippen molar-refractivity contribution in [3.8, 4) is 0 Å². The van der Waals surface area contributed by atoms with Gasteiger partial charge < -0.3 is 15.0 Å². The molecule has 1 aliphatic heterocycles. The quantitative estimate of drug-likeness (QED) is 0.484. The zero-order chi connectivity index (χ0) is 24.1. The summed E-state index contributed by atoms with van der Waals surface area (Å²) in [6, 6.07) is 18.2. The van der Waals surface area contributed by atoms with Gasteiger partial charge in [-0.05, 0) is 82.6 Å². The normalized spacial score (nSPS) is 22.3. The van der Waals surface area contributed by atoms with Crippen molar-refractivity contribution < 1.29 is 14.3 Å². The molecule has 4 rings (SSSR count). The highest BCUT2D eigenvalue weighted by Gasteiger charge is 2.37. The van der Waals surface area contributed by atoms with Crippen LogP contribution in [0.15, 0.2) is 60.8 Å². The van der Waals surface area contributed by atoms with E-state index in [1.807, 2.05) is 63.4 Å². The van der Waals surface area contributed by atoms with E-state index in [4.69, 9.17) is 4.74 Å². The molecule has 34 heavy (non-hydrogen) atoms. The molecule has 0 radical (unpaired) electrons. The molecule has 0 aromatic heterocycles. The third-order valence-corrected chi connectivity index (χ3v) is 6.68. The van der Waals surface area contributed by atoms with Crippen molar-refractivity contribution in [1.29, 1.82) is 0 Å². The molecule has 0 spiro atoms. The minimum absolute atomic E-state index is 0.0391. The number of benzene rings is 2. The fourth-order valence-electron chi connectivity index (χ4n) is 4.96. The minimum atomic E-state index is -0.437. The lowest BCUT2D eigenvalue weighted by Gasteiger charge is -2.31. The first kappa shape index (κ1) is 24.1. The molecule has 0 saturated heterocycles. The topological polar surface area (TPSA) is 58.6 Å². The highest BCUT2D eigenvalue weighted by molar-refractivity contribution is 5.97. The van der Waals surface area contributed by atoms with Gasteiger partial charge in [0.05, 0.1) is 11.4 Å². The van der Waals surface area contributed by atoms with Gasteiger partial charge in [0, 0.05) is 18.5 Å². The molecule has 1 saturated carbocycles. The van der Waals surface area contributed by atoms with Crippen LogP contribution in [-0.2, 0) is 14.3 Å². The maximum atomic E-state index is 13.6. The van der Waals surface area contributed by atoms with Crippen LogP contribution >= 0.6 is 0 Å². The zero-order valence-electron chi connectivity index (χ0n) is 20.5. The third-order valence-electron chi connectivity index (χ3n) is 6.68. The molecular weight excluding hydrogens is 424 g/mol. The number of hydrogen-bond donors (Lipinski definition) is 1.